The minimum atomic E-state index is -0.0878. The number of benzene rings is 1. The predicted octanol–water partition coefficient (Wildman–Crippen LogP) is 4.25. The first-order valence-corrected chi connectivity index (χ1v) is 7.89. The third-order valence-electron chi connectivity index (χ3n) is 3.62. The highest BCUT2D eigenvalue weighted by Gasteiger charge is 2.11. The minimum Gasteiger partial charge on any atom is -0.338 e. The smallest absolute Gasteiger partial charge is 0.228 e. The van der Waals surface area contributed by atoms with Crippen LogP contribution in [-0.2, 0) is 4.79 Å². The highest BCUT2D eigenvalue weighted by molar-refractivity contribution is 5.91. The summed E-state index contributed by atoms with van der Waals surface area (Å²) >= 11 is 0. The zero-order valence-electron chi connectivity index (χ0n) is 14.3. The highest BCUT2D eigenvalue weighted by atomic mass is 16.1. The van der Waals surface area contributed by atoms with Gasteiger partial charge in [0, 0.05) is 11.6 Å². The molecule has 0 spiro atoms. The SMILES string of the molecule is Cc1cccc(C(C)C)c1Nc1ccc(NC(=O)C(C)C)nn1. The fourth-order valence-corrected chi connectivity index (χ4v) is 2.21. The number of nitrogens with one attached hydrogen (secondary N) is 2. The normalized spacial score (nSPS) is 10.9. The van der Waals surface area contributed by atoms with Gasteiger partial charge in [-0.2, -0.15) is 0 Å². The molecule has 0 saturated carbocycles. The van der Waals surface area contributed by atoms with Gasteiger partial charge in [0.05, 0.1) is 0 Å². The summed E-state index contributed by atoms with van der Waals surface area (Å²) in [4.78, 5) is 11.7. The van der Waals surface area contributed by atoms with Crippen LogP contribution >= 0.6 is 0 Å². The van der Waals surface area contributed by atoms with Crippen LogP contribution in [0.4, 0.5) is 17.3 Å². The summed E-state index contributed by atoms with van der Waals surface area (Å²) in [5.74, 6) is 1.37. The van der Waals surface area contributed by atoms with Crippen LogP contribution in [0, 0.1) is 12.8 Å². The molecule has 1 aromatic heterocycles. The van der Waals surface area contributed by atoms with Gasteiger partial charge in [-0.15, -0.1) is 10.2 Å². The Morgan fingerprint density at radius 2 is 1.65 bits per heavy atom. The molecule has 23 heavy (non-hydrogen) atoms. The number of aromatic nitrogens is 2. The number of nitrogens with zero attached hydrogens (tertiary/aromatic N) is 2. The molecule has 1 heterocycles. The first-order chi connectivity index (χ1) is 10.9. The molecule has 0 atom stereocenters. The predicted molar refractivity (Wildman–Crippen MR) is 94.1 cm³/mol. The molecule has 0 radical (unpaired) electrons. The Hall–Kier alpha value is -2.43. The third kappa shape index (κ3) is 4.28. The molecule has 0 aliphatic rings. The van der Waals surface area contributed by atoms with Gasteiger partial charge in [-0.1, -0.05) is 45.9 Å². The van der Waals surface area contributed by atoms with E-state index in [4.69, 9.17) is 0 Å². The molecule has 0 saturated heterocycles. The van der Waals surface area contributed by atoms with Gasteiger partial charge in [0.15, 0.2) is 11.6 Å². The highest BCUT2D eigenvalue weighted by Crippen LogP contribution is 2.29. The molecule has 5 heteroatoms. The van der Waals surface area contributed by atoms with Gasteiger partial charge in [-0.3, -0.25) is 4.79 Å². The number of carbonyl (C=O) groups is 1. The van der Waals surface area contributed by atoms with E-state index in [0.29, 0.717) is 17.6 Å². The second-order valence-corrected chi connectivity index (χ2v) is 6.27. The van der Waals surface area contributed by atoms with Gasteiger partial charge in [0.2, 0.25) is 5.91 Å². The van der Waals surface area contributed by atoms with Crippen molar-refractivity contribution in [1.29, 1.82) is 0 Å². The topological polar surface area (TPSA) is 66.9 Å². The van der Waals surface area contributed by atoms with Crippen molar-refractivity contribution in [3.63, 3.8) is 0 Å². The zero-order valence-corrected chi connectivity index (χ0v) is 14.3. The van der Waals surface area contributed by atoms with Crippen molar-refractivity contribution in [1.82, 2.24) is 10.2 Å². The lowest BCUT2D eigenvalue weighted by atomic mass is 9.98. The Balaban J connectivity index is 2.17. The molecule has 1 amide bonds. The average Bonchev–Trinajstić information content (AvgIpc) is 2.50. The standard InChI is InChI=1S/C18H24N4O/c1-11(2)14-8-6-7-13(5)17(14)19-15-9-10-16(22-21-15)20-18(23)12(3)4/h6-12H,1-5H3,(H,19,21)(H,20,22,23). The number of carbonyl (C=O) groups excluding carboxylic acids is 1. The largest absolute Gasteiger partial charge is 0.338 e. The molecule has 2 rings (SSSR count). The van der Waals surface area contributed by atoms with E-state index < -0.39 is 0 Å². The van der Waals surface area contributed by atoms with Crippen molar-refractivity contribution < 1.29 is 4.79 Å². The Labute approximate surface area is 137 Å². The third-order valence-corrected chi connectivity index (χ3v) is 3.62. The van der Waals surface area contributed by atoms with Gasteiger partial charge < -0.3 is 10.6 Å². The summed E-state index contributed by atoms with van der Waals surface area (Å²) in [6.45, 7) is 10.1. The summed E-state index contributed by atoms with van der Waals surface area (Å²) in [5.41, 5.74) is 3.47. The fourth-order valence-electron chi connectivity index (χ4n) is 2.21. The van der Waals surface area contributed by atoms with Crippen LogP contribution in [0.1, 0.15) is 44.7 Å². The quantitative estimate of drug-likeness (QED) is 0.866. The molecule has 0 bridgehead atoms. The van der Waals surface area contributed by atoms with Crippen LogP contribution in [0.3, 0.4) is 0 Å². The first-order valence-electron chi connectivity index (χ1n) is 7.89. The second-order valence-electron chi connectivity index (χ2n) is 6.27. The van der Waals surface area contributed by atoms with Crippen LogP contribution in [0.25, 0.3) is 0 Å². The maximum absolute atomic E-state index is 11.7. The molecule has 0 aliphatic carbocycles. The number of rotatable bonds is 5. The lowest BCUT2D eigenvalue weighted by Crippen LogP contribution is -2.18. The number of amides is 1. The summed E-state index contributed by atoms with van der Waals surface area (Å²) in [6.07, 6.45) is 0. The number of hydrogen-bond donors (Lipinski definition) is 2. The van der Waals surface area contributed by atoms with Crippen LogP contribution in [-0.4, -0.2) is 16.1 Å². The van der Waals surface area contributed by atoms with Crippen LogP contribution in [0.15, 0.2) is 30.3 Å². The van der Waals surface area contributed by atoms with Crippen molar-refractivity contribution in [3.05, 3.63) is 41.5 Å². The molecule has 0 fully saturated rings. The van der Waals surface area contributed by atoms with E-state index in [9.17, 15) is 4.79 Å². The molecule has 2 N–H and O–H groups in total. The number of aryl methyl sites for hydroxylation is 1. The number of para-hydroxylation sites is 1. The molecule has 1 aromatic carbocycles. The number of anilines is 3. The summed E-state index contributed by atoms with van der Waals surface area (Å²) < 4.78 is 0. The summed E-state index contributed by atoms with van der Waals surface area (Å²) in [6, 6.07) is 9.82. The van der Waals surface area contributed by atoms with Crippen molar-refractivity contribution in [2.75, 3.05) is 10.6 Å². The van der Waals surface area contributed by atoms with Gasteiger partial charge >= 0.3 is 0 Å². The molecule has 5 nitrogen and oxygen atoms in total. The van der Waals surface area contributed by atoms with E-state index in [1.807, 2.05) is 19.9 Å². The fraction of sp³-hybridized carbons (Fsp3) is 0.389. The Morgan fingerprint density at radius 1 is 1.00 bits per heavy atom. The molecular weight excluding hydrogens is 288 g/mol. The van der Waals surface area contributed by atoms with E-state index in [1.165, 1.54) is 5.56 Å². The average molecular weight is 312 g/mol. The number of hydrogen-bond acceptors (Lipinski definition) is 4. The van der Waals surface area contributed by atoms with E-state index >= 15 is 0 Å². The first kappa shape index (κ1) is 16.9. The van der Waals surface area contributed by atoms with Gasteiger partial charge in [0.25, 0.3) is 0 Å². The monoisotopic (exact) mass is 312 g/mol. The Morgan fingerprint density at radius 3 is 2.22 bits per heavy atom. The van der Waals surface area contributed by atoms with Crippen molar-refractivity contribution in [2.45, 2.75) is 40.5 Å². The summed E-state index contributed by atoms with van der Waals surface area (Å²) in [7, 11) is 0. The van der Waals surface area contributed by atoms with Gasteiger partial charge in [-0.25, -0.2) is 0 Å². The van der Waals surface area contributed by atoms with E-state index in [0.717, 1.165) is 11.3 Å². The molecule has 122 valence electrons. The lowest BCUT2D eigenvalue weighted by Gasteiger charge is -2.16. The van der Waals surface area contributed by atoms with Crippen molar-refractivity contribution >= 4 is 23.2 Å². The Bertz CT molecular complexity index is 678. The van der Waals surface area contributed by atoms with Gasteiger partial charge in [0.1, 0.15) is 0 Å². The molecule has 0 aliphatic heterocycles. The second kappa shape index (κ2) is 7.22. The summed E-state index contributed by atoms with van der Waals surface area (Å²) in [5, 5.41) is 14.3. The maximum Gasteiger partial charge on any atom is 0.228 e. The minimum absolute atomic E-state index is 0.0685. The van der Waals surface area contributed by atoms with E-state index in [2.05, 4.69) is 59.8 Å². The van der Waals surface area contributed by atoms with Crippen LogP contribution in [0.2, 0.25) is 0 Å². The van der Waals surface area contributed by atoms with Crippen molar-refractivity contribution in [2.24, 2.45) is 5.92 Å². The molecule has 0 unspecified atom stereocenters. The maximum atomic E-state index is 11.7. The van der Waals surface area contributed by atoms with Crippen LogP contribution < -0.4 is 10.6 Å². The molecule has 2 aromatic rings. The Kier molecular flexibility index (Phi) is 5.32. The van der Waals surface area contributed by atoms with Crippen LogP contribution in [0.5, 0.6) is 0 Å². The zero-order chi connectivity index (χ0) is 17.0. The van der Waals surface area contributed by atoms with E-state index in [-0.39, 0.29) is 11.8 Å². The molecular formula is C18H24N4O. The van der Waals surface area contributed by atoms with Gasteiger partial charge in [-0.05, 0) is 36.1 Å². The van der Waals surface area contributed by atoms with Crippen molar-refractivity contribution in [3.8, 4) is 0 Å². The lowest BCUT2D eigenvalue weighted by molar-refractivity contribution is -0.118. The van der Waals surface area contributed by atoms with E-state index in [1.54, 1.807) is 6.07 Å².